The van der Waals surface area contributed by atoms with Gasteiger partial charge in [0, 0.05) is 11.4 Å². The minimum atomic E-state index is -3.10. The van der Waals surface area contributed by atoms with Crippen LogP contribution < -0.4 is 20.2 Å². The molecule has 0 unspecified atom stereocenters. The molecule has 0 aromatic heterocycles. The van der Waals surface area contributed by atoms with Crippen molar-refractivity contribution in [3.63, 3.8) is 0 Å². The lowest BCUT2D eigenvalue weighted by molar-refractivity contribution is 0.415. The van der Waals surface area contributed by atoms with E-state index in [-0.39, 0.29) is 0 Å². The molecule has 0 saturated heterocycles. The van der Waals surface area contributed by atoms with E-state index in [4.69, 9.17) is 4.74 Å². The van der Waals surface area contributed by atoms with Crippen molar-refractivity contribution in [2.75, 3.05) is 17.3 Å². The lowest BCUT2D eigenvalue weighted by Crippen LogP contribution is -2.18. The van der Waals surface area contributed by atoms with Gasteiger partial charge in [0.15, 0.2) is 0 Å². The van der Waals surface area contributed by atoms with Crippen LogP contribution in [0.5, 0.6) is 5.75 Å². The summed E-state index contributed by atoms with van der Waals surface area (Å²) in [5.74, 6) is 0.727. The molecular weight excluding hydrogens is 319 g/mol. The molecule has 0 fully saturated rings. The summed E-state index contributed by atoms with van der Waals surface area (Å²) in [5.41, 5.74) is 1.58. The van der Waals surface area contributed by atoms with Crippen LogP contribution in [0.25, 0.3) is 0 Å². The van der Waals surface area contributed by atoms with Crippen molar-refractivity contribution in [2.24, 2.45) is 0 Å². The number of hydrogen-bond acceptors (Lipinski definition) is 2. The van der Waals surface area contributed by atoms with Crippen molar-refractivity contribution in [2.45, 2.75) is 0 Å². The van der Waals surface area contributed by atoms with Gasteiger partial charge in [0.25, 0.3) is 7.44 Å². The van der Waals surface area contributed by atoms with Crippen molar-refractivity contribution in [3.8, 4) is 5.75 Å². The molecule has 0 aliphatic heterocycles. The molecule has 5 heteroatoms. The first-order valence-electron chi connectivity index (χ1n) is 7.61. The third-order valence-electron chi connectivity index (χ3n) is 3.56. The molecule has 3 aromatic rings. The summed E-state index contributed by atoms with van der Waals surface area (Å²) in [6.45, 7) is 0. The molecule has 0 spiro atoms. The predicted octanol–water partition coefficient (Wildman–Crippen LogP) is 4.74. The Morgan fingerprint density at radius 2 is 1.17 bits per heavy atom. The minimum Gasteiger partial charge on any atom is -0.497 e. The van der Waals surface area contributed by atoms with Crippen LogP contribution in [0.4, 0.5) is 11.4 Å². The smallest absolute Gasteiger partial charge is 0.287 e. The summed E-state index contributed by atoms with van der Waals surface area (Å²) in [7, 11) is -1.49. The van der Waals surface area contributed by atoms with Gasteiger partial charge in [-0.1, -0.05) is 36.4 Å². The maximum absolute atomic E-state index is 13.7. The number of methoxy groups -OCH3 is 1. The Balaban J connectivity index is 1.97. The highest BCUT2D eigenvalue weighted by Crippen LogP contribution is 2.44. The molecular formula is C19H19N2O2P. The molecule has 4 nitrogen and oxygen atoms in total. The number of nitrogens with one attached hydrogen (secondary N) is 2. The summed E-state index contributed by atoms with van der Waals surface area (Å²) < 4.78 is 18.9. The van der Waals surface area contributed by atoms with Gasteiger partial charge in [0.1, 0.15) is 5.75 Å². The van der Waals surface area contributed by atoms with Gasteiger partial charge in [-0.2, -0.15) is 0 Å². The average Bonchev–Trinajstić information content (AvgIpc) is 2.63. The number of anilines is 2. The van der Waals surface area contributed by atoms with E-state index in [0.29, 0.717) is 5.30 Å². The molecule has 0 radical (unpaired) electrons. The van der Waals surface area contributed by atoms with Crippen LogP contribution in [0, 0.1) is 0 Å². The molecule has 0 saturated carbocycles. The van der Waals surface area contributed by atoms with Crippen molar-refractivity contribution in [1.29, 1.82) is 0 Å². The Hall–Kier alpha value is -2.71. The number of benzene rings is 3. The second-order valence-electron chi connectivity index (χ2n) is 5.26. The van der Waals surface area contributed by atoms with E-state index in [1.54, 1.807) is 19.2 Å². The standard InChI is InChI=1S/C19H19N2O2P/c1-23-18-12-14-19(15-13-18)24(22,20-16-8-4-2-5-9-16)21-17-10-6-3-7-11-17/h2-15H,1H3,(H2,20,21,22). The third kappa shape index (κ3) is 3.79. The van der Waals surface area contributed by atoms with Crippen molar-refractivity contribution in [3.05, 3.63) is 84.9 Å². The Kier molecular flexibility index (Phi) is 4.88. The van der Waals surface area contributed by atoms with Gasteiger partial charge in [-0.05, 0) is 48.5 Å². The molecule has 0 amide bonds. The lowest BCUT2D eigenvalue weighted by Gasteiger charge is -2.23. The third-order valence-corrected chi connectivity index (χ3v) is 5.73. The Bertz CT molecular complexity index is 776. The van der Waals surface area contributed by atoms with E-state index in [9.17, 15) is 4.57 Å². The van der Waals surface area contributed by atoms with E-state index >= 15 is 0 Å². The van der Waals surface area contributed by atoms with Crippen molar-refractivity contribution >= 4 is 24.1 Å². The van der Waals surface area contributed by atoms with E-state index in [1.807, 2.05) is 72.8 Å². The van der Waals surface area contributed by atoms with Crippen LogP contribution in [0.2, 0.25) is 0 Å². The number of rotatable bonds is 6. The molecule has 122 valence electrons. The maximum atomic E-state index is 13.7. The molecule has 0 heterocycles. The van der Waals surface area contributed by atoms with Crippen molar-refractivity contribution in [1.82, 2.24) is 0 Å². The maximum Gasteiger partial charge on any atom is 0.287 e. The van der Waals surface area contributed by atoms with Gasteiger partial charge >= 0.3 is 0 Å². The second-order valence-corrected chi connectivity index (χ2v) is 7.45. The highest BCUT2D eigenvalue weighted by Gasteiger charge is 2.25. The molecule has 2 N–H and O–H groups in total. The van der Waals surface area contributed by atoms with Gasteiger partial charge in [-0.3, -0.25) is 4.57 Å². The number of hydrogen-bond donors (Lipinski definition) is 2. The molecule has 3 rings (SSSR count). The highest BCUT2D eigenvalue weighted by atomic mass is 31.2. The average molecular weight is 338 g/mol. The van der Waals surface area contributed by atoms with Gasteiger partial charge in [0.2, 0.25) is 0 Å². The molecule has 0 atom stereocenters. The molecule has 0 aliphatic carbocycles. The van der Waals surface area contributed by atoms with E-state index in [1.165, 1.54) is 0 Å². The molecule has 3 aromatic carbocycles. The lowest BCUT2D eigenvalue weighted by atomic mass is 10.3. The Morgan fingerprint density at radius 3 is 1.58 bits per heavy atom. The topological polar surface area (TPSA) is 50.4 Å². The molecule has 24 heavy (non-hydrogen) atoms. The van der Waals surface area contributed by atoms with E-state index in [0.717, 1.165) is 17.1 Å². The molecule has 0 aliphatic rings. The summed E-state index contributed by atoms with van der Waals surface area (Å²) in [6, 6.07) is 26.3. The summed E-state index contributed by atoms with van der Waals surface area (Å²) in [6.07, 6.45) is 0. The quantitative estimate of drug-likeness (QED) is 0.638. The van der Waals surface area contributed by atoms with Gasteiger partial charge in [0.05, 0.1) is 12.4 Å². The van der Waals surface area contributed by atoms with E-state index < -0.39 is 7.44 Å². The first kappa shape index (κ1) is 16.2. The van der Waals surface area contributed by atoms with Crippen LogP contribution >= 0.6 is 7.44 Å². The van der Waals surface area contributed by atoms with Crippen LogP contribution in [-0.4, -0.2) is 7.11 Å². The minimum absolute atomic E-state index is 0.677. The first-order valence-corrected chi connectivity index (χ1v) is 9.32. The summed E-state index contributed by atoms with van der Waals surface area (Å²) in [4.78, 5) is 0. The fourth-order valence-corrected chi connectivity index (χ4v) is 4.25. The Morgan fingerprint density at radius 1 is 0.708 bits per heavy atom. The first-order chi connectivity index (χ1) is 11.7. The highest BCUT2D eigenvalue weighted by molar-refractivity contribution is 7.74. The largest absolute Gasteiger partial charge is 0.497 e. The normalized spacial score (nSPS) is 10.9. The predicted molar refractivity (Wildman–Crippen MR) is 100 cm³/mol. The zero-order chi connectivity index (χ0) is 16.8. The van der Waals surface area contributed by atoms with Crippen molar-refractivity contribution < 1.29 is 9.30 Å². The van der Waals surface area contributed by atoms with Gasteiger partial charge in [-0.15, -0.1) is 0 Å². The molecule has 0 bridgehead atoms. The fraction of sp³-hybridized carbons (Fsp3) is 0.0526. The van der Waals surface area contributed by atoms with Crippen LogP contribution in [0.15, 0.2) is 84.9 Å². The summed E-state index contributed by atoms with van der Waals surface area (Å²) >= 11 is 0. The van der Waals surface area contributed by atoms with Gasteiger partial charge < -0.3 is 14.9 Å². The number of para-hydroxylation sites is 2. The van der Waals surface area contributed by atoms with Gasteiger partial charge in [-0.25, -0.2) is 0 Å². The zero-order valence-electron chi connectivity index (χ0n) is 13.3. The fourth-order valence-electron chi connectivity index (χ4n) is 2.34. The van der Waals surface area contributed by atoms with Crippen LogP contribution in [0.1, 0.15) is 0 Å². The van der Waals surface area contributed by atoms with E-state index in [2.05, 4.69) is 10.2 Å². The van der Waals surface area contributed by atoms with Crippen LogP contribution in [0.3, 0.4) is 0 Å². The zero-order valence-corrected chi connectivity index (χ0v) is 14.2. The van der Waals surface area contributed by atoms with Crippen LogP contribution in [-0.2, 0) is 4.57 Å². The monoisotopic (exact) mass is 338 g/mol. The SMILES string of the molecule is COc1ccc(P(=O)(Nc2ccccc2)Nc2ccccc2)cc1. The second kappa shape index (κ2) is 7.24. The summed E-state index contributed by atoms with van der Waals surface area (Å²) in [5, 5.41) is 7.00. The Labute approximate surface area is 142 Å². The number of ether oxygens (including phenoxy) is 1.